The number of nitrogens with zero attached hydrogens (tertiary/aromatic N) is 5. The molecule has 4 heterocycles. The zero-order valence-corrected chi connectivity index (χ0v) is 14.5. The molecule has 24 heavy (non-hydrogen) atoms. The Balaban J connectivity index is 1.87. The number of thiazole rings is 1. The molecule has 0 aliphatic carbocycles. The summed E-state index contributed by atoms with van der Waals surface area (Å²) in [5, 5.41) is 12.5. The Bertz CT molecular complexity index is 966. The van der Waals surface area contributed by atoms with Gasteiger partial charge in [0.1, 0.15) is 11.3 Å². The van der Waals surface area contributed by atoms with E-state index in [1.54, 1.807) is 17.7 Å². The van der Waals surface area contributed by atoms with Gasteiger partial charge in [0.25, 0.3) is 0 Å². The van der Waals surface area contributed by atoms with Crippen molar-refractivity contribution < 1.29 is 0 Å². The van der Waals surface area contributed by atoms with E-state index in [4.69, 9.17) is 4.98 Å². The molecular formula is C17H18N6S. The minimum atomic E-state index is 0.791. The Morgan fingerprint density at radius 2 is 2.21 bits per heavy atom. The molecular weight excluding hydrogens is 320 g/mol. The van der Waals surface area contributed by atoms with Crippen LogP contribution in [0.3, 0.4) is 0 Å². The average molecular weight is 338 g/mol. The molecule has 0 aliphatic rings. The van der Waals surface area contributed by atoms with Crippen LogP contribution in [0, 0.1) is 6.92 Å². The molecule has 0 unspecified atom stereocenters. The van der Waals surface area contributed by atoms with Crippen LogP contribution in [-0.4, -0.2) is 29.8 Å². The number of rotatable bonds is 5. The van der Waals surface area contributed by atoms with Crippen molar-refractivity contribution in [2.45, 2.75) is 33.1 Å². The summed E-state index contributed by atoms with van der Waals surface area (Å²) in [5.74, 6) is 0.791. The lowest BCUT2D eigenvalue weighted by Crippen LogP contribution is -1.90. The molecule has 0 aromatic carbocycles. The summed E-state index contributed by atoms with van der Waals surface area (Å²) < 4.78 is 1.91. The van der Waals surface area contributed by atoms with Gasteiger partial charge in [0.2, 0.25) is 0 Å². The van der Waals surface area contributed by atoms with Crippen LogP contribution in [0.2, 0.25) is 0 Å². The van der Waals surface area contributed by atoms with E-state index >= 15 is 0 Å². The quantitative estimate of drug-likeness (QED) is 0.599. The average Bonchev–Trinajstić information content (AvgIpc) is 3.29. The van der Waals surface area contributed by atoms with E-state index in [2.05, 4.69) is 33.3 Å². The Morgan fingerprint density at radius 3 is 3.00 bits per heavy atom. The van der Waals surface area contributed by atoms with Crippen molar-refractivity contribution >= 4 is 16.9 Å². The maximum atomic E-state index is 4.93. The van der Waals surface area contributed by atoms with Crippen molar-refractivity contribution in [1.29, 1.82) is 0 Å². The molecule has 0 fully saturated rings. The number of nitrogens with one attached hydrogen (secondary N) is 1. The van der Waals surface area contributed by atoms with Crippen molar-refractivity contribution in [1.82, 2.24) is 29.8 Å². The molecule has 0 spiro atoms. The molecule has 0 radical (unpaired) electrons. The van der Waals surface area contributed by atoms with Crippen LogP contribution in [0.1, 0.15) is 31.2 Å². The Kier molecular flexibility index (Phi) is 3.86. The first-order chi connectivity index (χ1) is 11.8. The van der Waals surface area contributed by atoms with E-state index in [1.807, 2.05) is 29.8 Å². The molecule has 0 atom stereocenters. The van der Waals surface area contributed by atoms with Crippen molar-refractivity contribution in [3.05, 3.63) is 42.1 Å². The fraction of sp³-hybridized carbons (Fsp3) is 0.294. The Hall–Kier alpha value is -2.54. The van der Waals surface area contributed by atoms with Gasteiger partial charge in [0.15, 0.2) is 5.82 Å². The summed E-state index contributed by atoms with van der Waals surface area (Å²) in [6, 6.07) is 6.09. The number of unbranched alkanes of at least 4 members (excludes halogenated alkanes) is 1. The van der Waals surface area contributed by atoms with Gasteiger partial charge < -0.3 is 0 Å². The van der Waals surface area contributed by atoms with Crippen LogP contribution in [0.15, 0.2) is 30.7 Å². The van der Waals surface area contributed by atoms with E-state index in [9.17, 15) is 0 Å². The number of pyridine rings is 1. The molecule has 0 aliphatic heterocycles. The minimum Gasteiger partial charge on any atom is -0.259 e. The Labute approximate surface area is 143 Å². The molecule has 4 aromatic heterocycles. The molecule has 7 heteroatoms. The second-order valence-corrected chi connectivity index (χ2v) is 6.72. The van der Waals surface area contributed by atoms with Crippen LogP contribution in [0.5, 0.6) is 0 Å². The third-order valence-electron chi connectivity index (χ3n) is 4.02. The van der Waals surface area contributed by atoms with Crippen molar-refractivity contribution in [3.8, 4) is 21.3 Å². The number of aromatic nitrogens is 6. The molecule has 6 nitrogen and oxygen atoms in total. The van der Waals surface area contributed by atoms with Crippen molar-refractivity contribution in [2.75, 3.05) is 0 Å². The lowest BCUT2D eigenvalue weighted by Gasteiger charge is -1.97. The third kappa shape index (κ3) is 2.50. The summed E-state index contributed by atoms with van der Waals surface area (Å²) in [5.41, 5.74) is 4.25. The lowest BCUT2D eigenvalue weighted by atomic mass is 10.1. The highest BCUT2D eigenvalue weighted by Crippen LogP contribution is 2.37. The molecule has 0 saturated heterocycles. The highest BCUT2D eigenvalue weighted by atomic mass is 32.1. The first kappa shape index (κ1) is 15.0. The van der Waals surface area contributed by atoms with Crippen LogP contribution in [0.25, 0.3) is 26.8 Å². The van der Waals surface area contributed by atoms with Gasteiger partial charge in [-0.05, 0) is 31.9 Å². The highest BCUT2D eigenvalue weighted by Gasteiger charge is 2.20. The standard InChI is InChI=1S/C17H18N6S/c1-3-4-7-12-15(16-18-10-19-21-16)24-17(20-12)14-11(2)22-23-9-6-5-8-13(14)23/h5-6,8-10H,3-4,7H2,1-2H3,(H,18,19,21). The number of fused-ring (bicyclic) bond motifs is 1. The smallest absolute Gasteiger partial charge is 0.167 e. The maximum absolute atomic E-state index is 4.93. The first-order valence-electron chi connectivity index (χ1n) is 8.07. The third-order valence-corrected chi connectivity index (χ3v) is 5.15. The van der Waals surface area contributed by atoms with Gasteiger partial charge in [-0.2, -0.15) is 10.2 Å². The van der Waals surface area contributed by atoms with Crippen LogP contribution in [-0.2, 0) is 6.42 Å². The monoisotopic (exact) mass is 338 g/mol. The number of aryl methyl sites for hydroxylation is 2. The summed E-state index contributed by atoms with van der Waals surface area (Å²) in [6.45, 7) is 4.22. The summed E-state index contributed by atoms with van der Waals surface area (Å²) >= 11 is 1.66. The zero-order valence-electron chi connectivity index (χ0n) is 13.7. The molecule has 0 bridgehead atoms. The van der Waals surface area contributed by atoms with Crippen molar-refractivity contribution in [2.24, 2.45) is 0 Å². The molecule has 4 aromatic rings. The molecule has 1 N–H and O–H groups in total. The van der Waals surface area contributed by atoms with Gasteiger partial charge in [-0.3, -0.25) is 5.10 Å². The van der Waals surface area contributed by atoms with Gasteiger partial charge in [0, 0.05) is 6.20 Å². The lowest BCUT2D eigenvalue weighted by molar-refractivity contribution is 0.782. The van der Waals surface area contributed by atoms with Gasteiger partial charge in [-0.1, -0.05) is 19.4 Å². The fourth-order valence-corrected chi connectivity index (χ4v) is 4.02. The van der Waals surface area contributed by atoms with E-state index < -0.39 is 0 Å². The maximum Gasteiger partial charge on any atom is 0.167 e. The van der Waals surface area contributed by atoms with Gasteiger partial charge in [-0.25, -0.2) is 14.5 Å². The number of hydrogen-bond acceptors (Lipinski definition) is 5. The molecule has 0 amide bonds. The molecule has 122 valence electrons. The summed E-state index contributed by atoms with van der Waals surface area (Å²) in [6.07, 6.45) is 6.70. The molecule has 4 rings (SSSR count). The van der Waals surface area contributed by atoms with Gasteiger partial charge in [0.05, 0.1) is 27.3 Å². The predicted molar refractivity (Wildman–Crippen MR) is 95.0 cm³/mol. The summed E-state index contributed by atoms with van der Waals surface area (Å²) in [7, 11) is 0. The van der Waals surface area contributed by atoms with Crippen molar-refractivity contribution in [3.63, 3.8) is 0 Å². The van der Waals surface area contributed by atoms with Crippen LogP contribution >= 0.6 is 11.3 Å². The first-order valence-corrected chi connectivity index (χ1v) is 8.89. The second-order valence-electron chi connectivity index (χ2n) is 5.72. The normalized spacial score (nSPS) is 11.4. The largest absolute Gasteiger partial charge is 0.259 e. The molecule has 0 saturated carbocycles. The van der Waals surface area contributed by atoms with Gasteiger partial charge in [-0.15, -0.1) is 11.3 Å². The van der Waals surface area contributed by atoms with E-state index in [-0.39, 0.29) is 0 Å². The SMILES string of the molecule is CCCCc1nc(-c2c(C)nn3ccccc23)sc1-c1ncn[nH]1. The number of H-pyrrole nitrogens is 1. The number of hydrogen-bond donors (Lipinski definition) is 1. The van der Waals surface area contributed by atoms with E-state index in [0.29, 0.717) is 0 Å². The number of aromatic amines is 1. The predicted octanol–water partition coefficient (Wildman–Crippen LogP) is 3.89. The summed E-state index contributed by atoms with van der Waals surface area (Å²) in [4.78, 5) is 10.3. The minimum absolute atomic E-state index is 0.791. The van der Waals surface area contributed by atoms with Gasteiger partial charge >= 0.3 is 0 Å². The topological polar surface area (TPSA) is 71.8 Å². The van der Waals surface area contributed by atoms with E-state index in [0.717, 1.165) is 57.4 Å². The highest BCUT2D eigenvalue weighted by molar-refractivity contribution is 7.18. The second kappa shape index (κ2) is 6.16. The zero-order chi connectivity index (χ0) is 16.5. The van der Waals surface area contributed by atoms with Crippen LogP contribution < -0.4 is 0 Å². The van der Waals surface area contributed by atoms with E-state index in [1.165, 1.54) is 0 Å². The van der Waals surface area contributed by atoms with Crippen LogP contribution in [0.4, 0.5) is 0 Å². The fourth-order valence-electron chi connectivity index (χ4n) is 2.85. The Morgan fingerprint density at radius 1 is 1.29 bits per heavy atom.